The molecule has 0 spiro atoms. The number of aromatic nitrogens is 1. The summed E-state index contributed by atoms with van der Waals surface area (Å²) in [6.07, 6.45) is 0.967. The Kier molecular flexibility index (Phi) is 4.15. The van der Waals surface area contributed by atoms with Gasteiger partial charge in [0, 0.05) is 17.2 Å². The summed E-state index contributed by atoms with van der Waals surface area (Å²) in [5.41, 5.74) is 4.46. The first-order valence-electron chi connectivity index (χ1n) is 7.87. The highest BCUT2D eigenvalue weighted by molar-refractivity contribution is 5.92. The van der Waals surface area contributed by atoms with E-state index in [0.29, 0.717) is 5.89 Å². The summed E-state index contributed by atoms with van der Waals surface area (Å²) in [5.74, 6) is 0.497. The lowest BCUT2D eigenvalue weighted by Crippen LogP contribution is -2.17. The number of benzene rings is 2. The van der Waals surface area contributed by atoms with Crippen LogP contribution in [0.15, 0.2) is 46.9 Å². The Morgan fingerprint density at radius 2 is 2.04 bits per heavy atom. The van der Waals surface area contributed by atoms with E-state index in [1.807, 2.05) is 50.2 Å². The van der Waals surface area contributed by atoms with Crippen LogP contribution in [0.1, 0.15) is 26.3 Å². The van der Waals surface area contributed by atoms with Gasteiger partial charge in [0.2, 0.25) is 11.8 Å². The minimum atomic E-state index is -0.0598. The van der Waals surface area contributed by atoms with Crippen molar-refractivity contribution in [1.29, 1.82) is 0 Å². The third-order valence-electron chi connectivity index (χ3n) is 3.76. The molecule has 0 bridgehead atoms. The number of hydrogen-bond donors (Lipinski definition) is 1. The van der Waals surface area contributed by atoms with Gasteiger partial charge in [-0.2, -0.15) is 0 Å². The van der Waals surface area contributed by atoms with Gasteiger partial charge < -0.3 is 9.73 Å². The van der Waals surface area contributed by atoms with E-state index in [1.165, 1.54) is 5.56 Å². The Morgan fingerprint density at radius 1 is 1.22 bits per heavy atom. The van der Waals surface area contributed by atoms with Gasteiger partial charge in [-0.1, -0.05) is 32.9 Å². The fourth-order valence-corrected chi connectivity index (χ4v) is 2.33. The maximum Gasteiger partial charge on any atom is 0.227 e. The first-order chi connectivity index (χ1) is 11.1. The number of hydrogen-bond acceptors (Lipinski definition) is 3. The number of rotatable bonds is 4. The molecule has 0 aliphatic heterocycles. The van der Waals surface area contributed by atoms with E-state index in [-0.39, 0.29) is 11.8 Å². The van der Waals surface area contributed by atoms with E-state index in [9.17, 15) is 4.79 Å². The van der Waals surface area contributed by atoms with Crippen LogP contribution in [0.2, 0.25) is 0 Å². The van der Waals surface area contributed by atoms with Gasteiger partial charge in [-0.25, -0.2) is 4.98 Å². The van der Waals surface area contributed by atoms with E-state index in [1.54, 1.807) is 0 Å². The average molecular weight is 308 g/mol. The molecule has 1 amide bonds. The van der Waals surface area contributed by atoms with Crippen molar-refractivity contribution < 1.29 is 9.21 Å². The minimum absolute atomic E-state index is 0.00713. The highest BCUT2D eigenvalue weighted by Crippen LogP contribution is 2.27. The van der Waals surface area contributed by atoms with Crippen LogP contribution in [0.3, 0.4) is 0 Å². The lowest BCUT2D eigenvalue weighted by atomic mass is 10.1. The molecule has 118 valence electrons. The molecule has 4 nitrogen and oxygen atoms in total. The van der Waals surface area contributed by atoms with Crippen molar-refractivity contribution in [2.75, 3.05) is 5.32 Å². The SMILES string of the molecule is CCc1ccc2oc(-c3cccc(NC(=O)C(C)C)c3)nc2c1. The van der Waals surface area contributed by atoms with Crippen molar-refractivity contribution in [2.24, 2.45) is 5.92 Å². The van der Waals surface area contributed by atoms with Gasteiger partial charge in [0.05, 0.1) is 0 Å². The maximum absolute atomic E-state index is 11.8. The van der Waals surface area contributed by atoms with Crippen molar-refractivity contribution in [3.63, 3.8) is 0 Å². The topological polar surface area (TPSA) is 55.1 Å². The maximum atomic E-state index is 11.8. The number of amides is 1. The number of fused-ring (bicyclic) bond motifs is 1. The first kappa shape index (κ1) is 15.3. The molecule has 23 heavy (non-hydrogen) atoms. The van der Waals surface area contributed by atoms with Crippen LogP contribution < -0.4 is 5.32 Å². The van der Waals surface area contributed by atoms with E-state index < -0.39 is 0 Å². The zero-order chi connectivity index (χ0) is 16.4. The fraction of sp³-hybridized carbons (Fsp3) is 0.263. The van der Waals surface area contributed by atoms with E-state index in [2.05, 4.69) is 23.3 Å². The number of nitrogens with zero attached hydrogens (tertiary/aromatic N) is 1. The summed E-state index contributed by atoms with van der Waals surface area (Å²) in [6, 6.07) is 13.6. The summed E-state index contributed by atoms with van der Waals surface area (Å²) in [7, 11) is 0. The van der Waals surface area contributed by atoms with Crippen molar-refractivity contribution in [1.82, 2.24) is 4.98 Å². The van der Waals surface area contributed by atoms with Crippen LogP contribution in [0.4, 0.5) is 5.69 Å². The third kappa shape index (κ3) is 3.26. The molecule has 0 fully saturated rings. The second-order valence-corrected chi connectivity index (χ2v) is 5.90. The number of aryl methyl sites for hydroxylation is 1. The molecule has 0 unspecified atom stereocenters. The summed E-state index contributed by atoms with van der Waals surface area (Å²) in [5, 5.41) is 2.90. The summed E-state index contributed by atoms with van der Waals surface area (Å²) < 4.78 is 5.84. The molecule has 0 aliphatic rings. The van der Waals surface area contributed by atoms with Crippen molar-refractivity contribution in [2.45, 2.75) is 27.2 Å². The fourth-order valence-electron chi connectivity index (χ4n) is 2.33. The van der Waals surface area contributed by atoms with E-state index in [4.69, 9.17) is 4.42 Å². The van der Waals surface area contributed by atoms with Gasteiger partial charge in [0.1, 0.15) is 5.52 Å². The monoisotopic (exact) mass is 308 g/mol. The highest BCUT2D eigenvalue weighted by Gasteiger charge is 2.11. The van der Waals surface area contributed by atoms with Crippen LogP contribution in [-0.2, 0) is 11.2 Å². The van der Waals surface area contributed by atoms with Gasteiger partial charge in [-0.15, -0.1) is 0 Å². The number of oxazole rings is 1. The van der Waals surface area contributed by atoms with Crippen molar-refractivity contribution >= 4 is 22.7 Å². The molecule has 3 rings (SSSR count). The molecule has 0 atom stereocenters. The molecule has 1 N–H and O–H groups in total. The molecular weight excluding hydrogens is 288 g/mol. The lowest BCUT2D eigenvalue weighted by Gasteiger charge is -2.08. The molecule has 1 aromatic heterocycles. The Labute approximate surface area is 135 Å². The predicted octanol–water partition coefficient (Wildman–Crippen LogP) is 4.65. The van der Waals surface area contributed by atoms with E-state index >= 15 is 0 Å². The number of carbonyl (C=O) groups excluding carboxylic acids is 1. The summed E-state index contributed by atoms with van der Waals surface area (Å²) in [6.45, 7) is 5.85. The molecule has 4 heteroatoms. The van der Waals surface area contributed by atoms with Crippen LogP contribution in [-0.4, -0.2) is 10.9 Å². The van der Waals surface area contributed by atoms with Gasteiger partial charge >= 0.3 is 0 Å². The Hall–Kier alpha value is -2.62. The van der Waals surface area contributed by atoms with Crippen LogP contribution in [0.5, 0.6) is 0 Å². The van der Waals surface area contributed by atoms with Gasteiger partial charge in [0.15, 0.2) is 5.58 Å². The van der Waals surface area contributed by atoms with Crippen molar-refractivity contribution in [3.8, 4) is 11.5 Å². The Bertz CT molecular complexity index is 849. The van der Waals surface area contributed by atoms with Gasteiger partial charge in [0.25, 0.3) is 0 Å². The molecule has 0 saturated heterocycles. The van der Waals surface area contributed by atoms with Crippen LogP contribution >= 0.6 is 0 Å². The molecule has 0 saturated carbocycles. The summed E-state index contributed by atoms with van der Waals surface area (Å²) in [4.78, 5) is 16.4. The second kappa shape index (κ2) is 6.24. The molecular formula is C19H20N2O2. The quantitative estimate of drug-likeness (QED) is 0.763. The molecule has 0 radical (unpaired) electrons. The number of nitrogens with one attached hydrogen (secondary N) is 1. The molecule has 0 aliphatic carbocycles. The zero-order valence-corrected chi connectivity index (χ0v) is 13.6. The average Bonchev–Trinajstić information content (AvgIpc) is 2.98. The minimum Gasteiger partial charge on any atom is -0.436 e. The Balaban J connectivity index is 1.93. The third-order valence-corrected chi connectivity index (χ3v) is 3.76. The first-order valence-corrected chi connectivity index (χ1v) is 7.87. The molecule has 1 heterocycles. The normalized spacial score (nSPS) is 11.1. The predicted molar refractivity (Wildman–Crippen MR) is 92.3 cm³/mol. The number of anilines is 1. The Morgan fingerprint density at radius 3 is 2.78 bits per heavy atom. The van der Waals surface area contributed by atoms with E-state index in [0.717, 1.165) is 28.8 Å². The largest absolute Gasteiger partial charge is 0.436 e. The summed E-state index contributed by atoms with van der Waals surface area (Å²) >= 11 is 0. The molecule has 3 aromatic rings. The molecule has 2 aromatic carbocycles. The van der Waals surface area contributed by atoms with Crippen molar-refractivity contribution in [3.05, 3.63) is 48.0 Å². The van der Waals surface area contributed by atoms with Gasteiger partial charge in [-0.3, -0.25) is 4.79 Å². The lowest BCUT2D eigenvalue weighted by molar-refractivity contribution is -0.118. The van der Waals surface area contributed by atoms with Crippen LogP contribution in [0.25, 0.3) is 22.6 Å². The van der Waals surface area contributed by atoms with Crippen LogP contribution in [0, 0.1) is 5.92 Å². The highest BCUT2D eigenvalue weighted by atomic mass is 16.3. The second-order valence-electron chi connectivity index (χ2n) is 5.90. The van der Waals surface area contributed by atoms with Gasteiger partial charge in [-0.05, 0) is 42.3 Å². The smallest absolute Gasteiger partial charge is 0.227 e. The standard InChI is InChI=1S/C19H20N2O2/c1-4-13-8-9-17-16(10-13)21-19(23-17)14-6-5-7-15(11-14)20-18(22)12(2)3/h5-12H,4H2,1-3H3,(H,20,22). The number of carbonyl (C=O) groups is 1. The zero-order valence-electron chi connectivity index (χ0n) is 13.6.